The third-order valence-electron chi connectivity index (χ3n) is 6.74. The van der Waals surface area contributed by atoms with Crippen molar-refractivity contribution in [2.75, 3.05) is 13.2 Å². The summed E-state index contributed by atoms with van der Waals surface area (Å²) >= 11 is 0. The molecule has 0 fully saturated rings. The van der Waals surface area contributed by atoms with E-state index in [-0.39, 0.29) is 47.3 Å². The van der Waals surface area contributed by atoms with E-state index in [4.69, 9.17) is 9.47 Å². The summed E-state index contributed by atoms with van der Waals surface area (Å²) in [6.07, 6.45) is 5.17. The van der Waals surface area contributed by atoms with Gasteiger partial charge in [-0.05, 0) is 98.9 Å². The second-order valence-electron chi connectivity index (χ2n) is 9.06. The Morgan fingerprint density at radius 2 is 1.38 bits per heavy atom. The van der Waals surface area contributed by atoms with Crippen LogP contribution in [0.4, 0.5) is 22.0 Å². The summed E-state index contributed by atoms with van der Waals surface area (Å²) in [6.45, 7) is 3.83. The highest BCUT2D eigenvalue weighted by atomic mass is 19.2. The normalized spacial score (nSPS) is 15.4. The molecule has 0 heterocycles. The highest BCUT2D eigenvalue weighted by Gasteiger charge is 2.22. The van der Waals surface area contributed by atoms with Gasteiger partial charge in [0, 0.05) is 11.1 Å². The van der Waals surface area contributed by atoms with Gasteiger partial charge in [0.2, 0.25) is 11.6 Å². The number of halogens is 5. The molecule has 1 atom stereocenters. The first kappa shape index (κ1) is 26.7. The molecule has 3 aromatic carbocycles. The molecule has 7 heteroatoms. The molecule has 1 aliphatic rings. The van der Waals surface area contributed by atoms with E-state index >= 15 is 0 Å². The Hall–Kier alpha value is -3.35. The maximum Gasteiger partial charge on any atom is 0.201 e. The third-order valence-corrected chi connectivity index (χ3v) is 6.74. The number of allylic oxidation sites excluding steroid dienone is 2. The lowest BCUT2D eigenvalue weighted by Gasteiger charge is -2.23. The van der Waals surface area contributed by atoms with Gasteiger partial charge in [0.25, 0.3) is 0 Å². The number of benzene rings is 3. The smallest absolute Gasteiger partial charge is 0.201 e. The second-order valence-corrected chi connectivity index (χ2v) is 9.06. The molecular weight excluding hydrogens is 487 g/mol. The first-order chi connectivity index (χ1) is 17.8. The molecule has 4 rings (SSSR count). The Kier molecular flexibility index (Phi) is 8.52. The van der Waals surface area contributed by atoms with E-state index in [1.807, 2.05) is 6.08 Å². The lowest BCUT2D eigenvalue weighted by atomic mass is 9.83. The van der Waals surface area contributed by atoms with Crippen LogP contribution < -0.4 is 9.47 Å². The number of rotatable bonds is 9. The summed E-state index contributed by atoms with van der Waals surface area (Å²) in [5.74, 6) is -4.53. The summed E-state index contributed by atoms with van der Waals surface area (Å²) in [5.41, 5.74) is 1.71. The van der Waals surface area contributed by atoms with Crippen molar-refractivity contribution in [3.05, 3.63) is 88.8 Å². The quantitative estimate of drug-likeness (QED) is 0.265. The second kappa shape index (κ2) is 11.8. The zero-order chi connectivity index (χ0) is 26.5. The molecule has 1 unspecified atom stereocenters. The zero-order valence-corrected chi connectivity index (χ0v) is 20.9. The van der Waals surface area contributed by atoms with Crippen LogP contribution in [0, 0.1) is 35.0 Å². The molecule has 0 N–H and O–H groups in total. The molecule has 0 aliphatic heterocycles. The van der Waals surface area contributed by atoms with Crippen molar-refractivity contribution in [1.29, 1.82) is 0 Å². The van der Waals surface area contributed by atoms with Crippen LogP contribution in [0.1, 0.15) is 50.7 Å². The first-order valence-corrected chi connectivity index (χ1v) is 12.5. The molecule has 0 spiro atoms. The van der Waals surface area contributed by atoms with Gasteiger partial charge in [0.05, 0.1) is 13.2 Å². The molecule has 0 radical (unpaired) electrons. The topological polar surface area (TPSA) is 18.5 Å². The van der Waals surface area contributed by atoms with Crippen molar-refractivity contribution in [2.24, 2.45) is 5.92 Å². The third kappa shape index (κ3) is 5.81. The lowest BCUT2D eigenvalue weighted by Crippen LogP contribution is -2.09. The zero-order valence-electron chi connectivity index (χ0n) is 20.9. The van der Waals surface area contributed by atoms with Crippen molar-refractivity contribution >= 4 is 5.57 Å². The number of hydrogen-bond donors (Lipinski definition) is 0. The molecule has 196 valence electrons. The van der Waals surface area contributed by atoms with Crippen LogP contribution in [-0.4, -0.2) is 13.2 Å². The Morgan fingerprint density at radius 3 is 1.95 bits per heavy atom. The molecule has 0 amide bonds. The summed E-state index contributed by atoms with van der Waals surface area (Å²) in [7, 11) is 0. The van der Waals surface area contributed by atoms with Crippen molar-refractivity contribution in [3.63, 3.8) is 0 Å². The Morgan fingerprint density at radius 1 is 0.757 bits per heavy atom. The van der Waals surface area contributed by atoms with Gasteiger partial charge in [-0.15, -0.1) is 0 Å². The van der Waals surface area contributed by atoms with Gasteiger partial charge in [-0.3, -0.25) is 0 Å². The summed E-state index contributed by atoms with van der Waals surface area (Å²) < 4.78 is 82.5. The van der Waals surface area contributed by atoms with Crippen LogP contribution in [0.2, 0.25) is 0 Å². The number of hydrogen-bond acceptors (Lipinski definition) is 2. The van der Waals surface area contributed by atoms with E-state index < -0.39 is 29.1 Å². The summed E-state index contributed by atoms with van der Waals surface area (Å²) in [4.78, 5) is 0. The molecule has 0 aromatic heterocycles. The van der Waals surface area contributed by atoms with E-state index in [1.165, 1.54) is 24.3 Å². The van der Waals surface area contributed by atoms with Crippen molar-refractivity contribution < 1.29 is 31.4 Å². The number of aryl methyl sites for hydroxylation is 1. The fourth-order valence-corrected chi connectivity index (χ4v) is 4.74. The average Bonchev–Trinajstić information content (AvgIpc) is 2.90. The van der Waals surface area contributed by atoms with Gasteiger partial charge in [0.1, 0.15) is 5.82 Å². The largest absolute Gasteiger partial charge is 0.491 e. The van der Waals surface area contributed by atoms with Crippen molar-refractivity contribution in [2.45, 2.75) is 46.0 Å². The average molecular weight is 517 g/mol. The maximum absolute atomic E-state index is 14.8. The molecule has 3 aromatic rings. The van der Waals surface area contributed by atoms with Crippen molar-refractivity contribution in [3.8, 4) is 22.6 Å². The van der Waals surface area contributed by atoms with Crippen LogP contribution in [0.25, 0.3) is 16.7 Å². The standard InChI is InChI=1S/C30H29F5O2/c1-3-36-25-15-13-22(27(32)29(25)34)19-8-5-18(6-9-19)7-10-20-11-12-21(17-24(20)31)23-14-16-26(37-4-2)30(35)28(23)33/h8,11-18H,3-7,9-10H2,1-2H3. The fraction of sp³-hybridized carbons (Fsp3) is 0.333. The summed E-state index contributed by atoms with van der Waals surface area (Å²) in [5, 5.41) is 0. The molecule has 1 aliphatic carbocycles. The van der Waals surface area contributed by atoms with E-state index in [1.54, 1.807) is 32.0 Å². The van der Waals surface area contributed by atoms with Gasteiger partial charge in [0.15, 0.2) is 23.1 Å². The highest BCUT2D eigenvalue weighted by molar-refractivity contribution is 5.68. The lowest BCUT2D eigenvalue weighted by molar-refractivity contribution is 0.314. The molecular formula is C30H29F5O2. The minimum Gasteiger partial charge on any atom is -0.491 e. The van der Waals surface area contributed by atoms with E-state index in [2.05, 4.69) is 0 Å². The van der Waals surface area contributed by atoms with E-state index in [0.29, 0.717) is 31.2 Å². The van der Waals surface area contributed by atoms with Gasteiger partial charge in [-0.1, -0.05) is 18.2 Å². The van der Waals surface area contributed by atoms with Gasteiger partial charge < -0.3 is 9.47 Å². The monoisotopic (exact) mass is 516 g/mol. The maximum atomic E-state index is 14.8. The summed E-state index contributed by atoms with van der Waals surface area (Å²) in [6, 6.07) is 10.1. The Balaban J connectivity index is 1.40. The molecule has 0 bridgehead atoms. The Labute approximate surface area is 213 Å². The SMILES string of the molecule is CCOc1ccc(C2=CCC(CCc3ccc(-c4ccc(OCC)c(F)c4F)cc3F)CC2)c(F)c1F. The predicted octanol–water partition coefficient (Wildman–Crippen LogP) is 8.66. The Bertz CT molecular complexity index is 1300. The minimum atomic E-state index is -1.10. The molecule has 0 saturated heterocycles. The van der Waals surface area contributed by atoms with Gasteiger partial charge >= 0.3 is 0 Å². The first-order valence-electron chi connectivity index (χ1n) is 12.5. The van der Waals surface area contributed by atoms with Gasteiger partial charge in [-0.2, -0.15) is 8.78 Å². The van der Waals surface area contributed by atoms with E-state index in [0.717, 1.165) is 12.0 Å². The van der Waals surface area contributed by atoms with Gasteiger partial charge in [-0.25, -0.2) is 13.2 Å². The van der Waals surface area contributed by atoms with Crippen LogP contribution in [0.15, 0.2) is 48.5 Å². The number of ether oxygens (including phenoxy) is 2. The molecule has 37 heavy (non-hydrogen) atoms. The van der Waals surface area contributed by atoms with Crippen LogP contribution in [-0.2, 0) is 6.42 Å². The van der Waals surface area contributed by atoms with Crippen molar-refractivity contribution in [1.82, 2.24) is 0 Å². The predicted molar refractivity (Wildman–Crippen MR) is 134 cm³/mol. The molecule has 0 saturated carbocycles. The van der Waals surface area contributed by atoms with Crippen LogP contribution in [0.3, 0.4) is 0 Å². The molecule has 2 nitrogen and oxygen atoms in total. The minimum absolute atomic E-state index is 0.0330. The highest BCUT2D eigenvalue weighted by Crippen LogP contribution is 2.36. The van der Waals surface area contributed by atoms with Crippen LogP contribution in [0.5, 0.6) is 11.5 Å². The fourth-order valence-electron chi connectivity index (χ4n) is 4.74. The van der Waals surface area contributed by atoms with Crippen LogP contribution >= 0.6 is 0 Å². The van der Waals surface area contributed by atoms with E-state index in [9.17, 15) is 22.0 Å².